The van der Waals surface area contributed by atoms with Crippen LogP contribution in [0.15, 0.2) is 59.6 Å². The number of benzene rings is 2. The van der Waals surface area contributed by atoms with Crippen molar-refractivity contribution in [2.24, 2.45) is 4.99 Å². The first-order chi connectivity index (χ1) is 14.8. The number of anilines is 1. The topological polar surface area (TPSA) is 22.1 Å². The van der Waals surface area contributed by atoms with E-state index in [0.717, 1.165) is 37.0 Å². The maximum atomic E-state index is 6.24. The molecule has 0 spiro atoms. The van der Waals surface area contributed by atoms with Gasteiger partial charge in [-0.25, -0.2) is 4.99 Å². The molecule has 30 heavy (non-hydrogen) atoms. The van der Waals surface area contributed by atoms with Crippen LogP contribution in [0.5, 0.6) is 0 Å². The average molecular weight is 423 g/mol. The minimum Gasteiger partial charge on any atom is -0.306 e. The van der Waals surface area contributed by atoms with Crippen LogP contribution in [0.3, 0.4) is 0 Å². The van der Waals surface area contributed by atoms with Crippen molar-refractivity contribution in [3.05, 3.63) is 65.2 Å². The van der Waals surface area contributed by atoms with Crippen molar-refractivity contribution in [1.29, 1.82) is 0 Å². The summed E-state index contributed by atoms with van der Waals surface area (Å²) in [5.74, 6) is 1.09. The van der Waals surface area contributed by atoms with Crippen LogP contribution in [0.2, 0.25) is 5.02 Å². The molecule has 0 unspecified atom stereocenters. The SMILES string of the molecule is Clc1ccc(N2C(c3ccccc3)=N[C@H](N3CCCCC3)[C@@H]2N2CCCCC2)cc1. The number of amidine groups is 1. The molecule has 4 nitrogen and oxygen atoms in total. The summed E-state index contributed by atoms with van der Waals surface area (Å²) in [5.41, 5.74) is 2.37. The minimum atomic E-state index is 0.175. The first kappa shape index (κ1) is 20.0. The Bertz CT molecular complexity index is 854. The van der Waals surface area contributed by atoms with Crippen LogP contribution in [0.4, 0.5) is 5.69 Å². The van der Waals surface area contributed by atoms with Crippen molar-refractivity contribution in [2.45, 2.75) is 50.9 Å². The maximum absolute atomic E-state index is 6.24. The number of nitrogens with zero attached hydrogens (tertiary/aromatic N) is 4. The zero-order valence-corrected chi connectivity index (χ0v) is 18.3. The van der Waals surface area contributed by atoms with Crippen LogP contribution in [0.1, 0.15) is 44.1 Å². The highest BCUT2D eigenvalue weighted by Crippen LogP contribution is 2.34. The van der Waals surface area contributed by atoms with E-state index in [2.05, 4.69) is 57.2 Å². The van der Waals surface area contributed by atoms with E-state index in [9.17, 15) is 0 Å². The lowest BCUT2D eigenvalue weighted by atomic mass is 10.1. The normalized spacial score (nSPS) is 26.0. The molecule has 0 aromatic heterocycles. The van der Waals surface area contributed by atoms with Crippen molar-refractivity contribution >= 4 is 23.1 Å². The number of hydrogen-bond donors (Lipinski definition) is 0. The highest BCUT2D eigenvalue weighted by molar-refractivity contribution is 6.30. The zero-order valence-electron chi connectivity index (χ0n) is 17.6. The molecule has 0 amide bonds. The second kappa shape index (κ2) is 9.09. The molecule has 2 atom stereocenters. The van der Waals surface area contributed by atoms with Gasteiger partial charge in [0, 0.05) is 42.5 Å². The second-order valence-corrected chi connectivity index (χ2v) is 9.12. The van der Waals surface area contributed by atoms with Crippen LogP contribution in [0, 0.1) is 0 Å². The van der Waals surface area contributed by atoms with Crippen molar-refractivity contribution in [2.75, 3.05) is 31.1 Å². The Hall–Kier alpha value is -1.88. The zero-order chi connectivity index (χ0) is 20.3. The fourth-order valence-electron chi connectivity index (χ4n) is 5.18. The Morgan fingerprint density at radius 3 is 1.93 bits per heavy atom. The second-order valence-electron chi connectivity index (χ2n) is 8.69. The Labute approximate surface area is 185 Å². The van der Waals surface area contributed by atoms with Gasteiger partial charge in [0.05, 0.1) is 0 Å². The molecule has 3 aliphatic heterocycles. The fourth-order valence-corrected chi connectivity index (χ4v) is 5.30. The molecule has 0 radical (unpaired) electrons. The van der Waals surface area contributed by atoms with Gasteiger partial charge in [-0.05, 0) is 49.9 Å². The third-order valence-electron chi connectivity index (χ3n) is 6.68. The number of halogens is 1. The first-order valence-corrected chi connectivity index (χ1v) is 11.9. The predicted octanol–water partition coefficient (Wildman–Crippen LogP) is 5.23. The standard InChI is InChI=1S/C25H31ClN4/c26-21-12-14-22(15-13-21)30-23(20-10-4-1-5-11-20)27-24(28-16-6-2-7-17-28)25(30)29-18-8-3-9-19-29/h1,4-5,10-15,24-25H,2-3,6-9,16-19H2/t24-,25-/m1/s1. The van der Waals surface area contributed by atoms with E-state index in [-0.39, 0.29) is 12.3 Å². The van der Waals surface area contributed by atoms with Crippen molar-refractivity contribution < 1.29 is 0 Å². The number of likely N-dealkylation sites (tertiary alicyclic amines) is 2. The first-order valence-electron chi connectivity index (χ1n) is 11.5. The van der Waals surface area contributed by atoms with E-state index < -0.39 is 0 Å². The number of piperidine rings is 2. The molecule has 2 aromatic rings. The van der Waals surface area contributed by atoms with E-state index >= 15 is 0 Å². The van der Waals surface area contributed by atoms with E-state index in [4.69, 9.17) is 16.6 Å². The highest BCUT2D eigenvalue weighted by atomic mass is 35.5. The van der Waals surface area contributed by atoms with Crippen molar-refractivity contribution in [3.63, 3.8) is 0 Å². The van der Waals surface area contributed by atoms with Crippen LogP contribution in [-0.2, 0) is 0 Å². The lowest BCUT2D eigenvalue weighted by molar-refractivity contribution is 0.0696. The molecule has 0 bridgehead atoms. The summed E-state index contributed by atoms with van der Waals surface area (Å²) in [7, 11) is 0. The molecule has 2 aromatic carbocycles. The summed E-state index contributed by atoms with van der Waals surface area (Å²) >= 11 is 6.24. The van der Waals surface area contributed by atoms with Crippen LogP contribution < -0.4 is 4.90 Å². The van der Waals surface area contributed by atoms with E-state index in [1.807, 2.05) is 12.1 Å². The van der Waals surface area contributed by atoms with Crippen LogP contribution >= 0.6 is 11.6 Å². The van der Waals surface area contributed by atoms with Gasteiger partial charge in [-0.3, -0.25) is 9.80 Å². The molecule has 2 saturated heterocycles. The smallest absolute Gasteiger partial charge is 0.139 e. The Balaban J connectivity index is 1.59. The number of hydrogen-bond acceptors (Lipinski definition) is 4. The summed E-state index contributed by atoms with van der Waals surface area (Å²) in [5, 5.41) is 0.776. The number of rotatable bonds is 4. The van der Waals surface area contributed by atoms with Gasteiger partial charge < -0.3 is 4.90 Å². The average Bonchev–Trinajstić information content (AvgIpc) is 3.22. The molecule has 0 N–H and O–H groups in total. The molecule has 2 fully saturated rings. The minimum absolute atomic E-state index is 0.175. The molecular weight excluding hydrogens is 392 g/mol. The Morgan fingerprint density at radius 2 is 1.30 bits per heavy atom. The van der Waals surface area contributed by atoms with Gasteiger partial charge in [0.25, 0.3) is 0 Å². The van der Waals surface area contributed by atoms with Gasteiger partial charge in [0.2, 0.25) is 0 Å². The molecule has 5 heteroatoms. The molecule has 3 heterocycles. The molecular formula is C25H31ClN4. The van der Waals surface area contributed by atoms with E-state index in [1.54, 1.807) is 0 Å². The van der Waals surface area contributed by atoms with Crippen LogP contribution in [-0.4, -0.2) is 54.1 Å². The Kier molecular flexibility index (Phi) is 6.07. The Morgan fingerprint density at radius 1 is 0.700 bits per heavy atom. The molecule has 0 aliphatic carbocycles. The predicted molar refractivity (Wildman–Crippen MR) is 125 cm³/mol. The lowest BCUT2D eigenvalue weighted by Crippen LogP contribution is -2.58. The largest absolute Gasteiger partial charge is 0.306 e. The monoisotopic (exact) mass is 422 g/mol. The fraction of sp³-hybridized carbons (Fsp3) is 0.480. The van der Waals surface area contributed by atoms with Gasteiger partial charge in [-0.1, -0.05) is 54.8 Å². The molecule has 3 aliphatic rings. The van der Waals surface area contributed by atoms with Crippen molar-refractivity contribution in [1.82, 2.24) is 9.80 Å². The summed E-state index contributed by atoms with van der Waals surface area (Å²) in [4.78, 5) is 13.2. The quantitative estimate of drug-likeness (QED) is 0.673. The summed E-state index contributed by atoms with van der Waals surface area (Å²) in [6, 6.07) is 19.0. The summed E-state index contributed by atoms with van der Waals surface area (Å²) < 4.78 is 0. The summed E-state index contributed by atoms with van der Waals surface area (Å²) in [6.07, 6.45) is 8.20. The van der Waals surface area contributed by atoms with Gasteiger partial charge in [-0.2, -0.15) is 0 Å². The maximum Gasteiger partial charge on any atom is 0.139 e. The van der Waals surface area contributed by atoms with Gasteiger partial charge in [-0.15, -0.1) is 0 Å². The molecule has 5 rings (SSSR count). The lowest BCUT2D eigenvalue weighted by Gasteiger charge is -2.44. The van der Waals surface area contributed by atoms with Crippen LogP contribution in [0.25, 0.3) is 0 Å². The van der Waals surface area contributed by atoms with Gasteiger partial charge in [0.1, 0.15) is 18.2 Å². The third kappa shape index (κ3) is 4.01. The van der Waals surface area contributed by atoms with E-state index in [0.29, 0.717) is 0 Å². The summed E-state index contributed by atoms with van der Waals surface area (Å²) in [6.45, 7) is 4.59. The molecule has 158 valence electrons. The molecule has 0 saturated carbocycles. The number of aliphatic imine (C=N–C) groups is 1. The van der Waals surface area contributed by atoms with E-state index in [1.165, 1.54) is 49.8 Å². The third-order valence-corrected chi connectivity index (χ3v) is 6.93. The van der Waals surface area contributed by atoms with Gasteiger partial charge >= 0.3 is 0 Å². The highest BCUT2D eigenvalue weighted by Gasteiger charge is 2.44. The van der Waals surface area contributed by atoms with Gasteiger partial charge in [0.15, 0.2) is 0 Å². The van der Waals surface area contributed by atoms with Crippen molar-refractivity contribution in [3.8, 4) is 0 Å².